The number of amides is 1. The molecule has 0 spiro atoms. The Morgan fingerprint density at radius 2 is 2.12 bits per heavy atom. The maximum atomic E-state index is 12.6. The van der Waals surface area contributed by atoms with Crippen LogP contribution in [0.4, 0.5) is 5.95 Å². The predicted octanol–water partition coefficient (Wildman–Crippen LogP) is 1.69. The molecule has 2 atom stereocenters. The number of likely N-dealkylation sites (tertiary alicyclic amines) is 1. The molecule has 1 fully saturated rings. The van der Waals surface area contributed by atoms with Crippen molar-refractivity contribution in [1.29, 1.82) is 0 Å². The first-order chi connectivity index (χ1) is 12.0. The highest BCUT2D eigenvalue weighted by atomic mass is 16.5. The lowest BCUT2D eigenvalue weighted by atomic mass is 10.0. The minimum atomic E-state index is -0.305. The smallest absolute Gasteiger partial charge is 0.243 e. The Morgan fingerprint density at radius 1 is 1.40 bits per heavy atom. The second-order valence-electron chi connectivity index (χ2n) is 6.27. The van der Waals surface area contributed by atoms with Gasteiger partial charge in [-0.05, 0) is 39.3 Å². The van der Waals surface area contributed by atoms with Crippen LogP contribution in [-0.2, 0) is 11.8 Å². The molecule has 8 heteroatoms. The SMILES string of the molecule is COc1c([C@@H]2CCCN2[C@H](C)C(=O)Nc2ncccn2)c(C)nn1C. The molecule has 2 aromatic heterocycles. The number of anilines is 1. The molecule has 0 unspecified atom stereocenters. The van der Waals surface area contributed by atoms with Gasteiger partial charge in [-0.15, -0.1) is 0 Å². The number of hydrogen-bond acceptors (Lipinski definition) is 6. The van der Waals surface area contributed by atoms with Crippen LogP contribution in [0.5, 0.6) is 5.88 Å². The third-order valence-electron chi connectivity index (χ3n) is 4.71. The Balaban J connectivity index is 1.80. The molecule has 0 aliphatic carbocycles. The van der Waals surface area contributed by atoms with Gasteiger partial charge < -0.3 is 4.74 Å². The summed E-state index contributed by atoms with van der Waals surface area (Å²) in [6, 6.07) is 1.52. The summed E-state index contributed by atoms with van der Waals surface area (Å²) in [5.41, 5.74) is 2.01. The van der Waals surface area contributed by atoms with Gasteiger partial charge in [0.2, 0.25) is 17.7 Å². The summed E-state index contributed by atoms with van der Waals surface area (Å²) in [4.78, 5) is 22.9. The van der Waals surface area contributed by atoms with Gasteiger partial charge in [-0.2, -0.15) is 5.10 Å². The molecule has 1 aliphatic rings. The van der Waals surface area contributed by atoms with E-state index < -0.39 is 0 Å². The largest absolute Gasteiger partial charge is 0.481 e. The van der Waals surface area contributed by atoms with Crippen molar-refractivity contribution in [2.45, 2.75) is 38.8 Å². The molecular weight excluding hydrogens is 320 g/mol. The number of rotatable bonds is 5. The minimum absolute atomic E-state index is 0.112. The number of aryl methyl sites for hydroxylation is 2. The van der Waals surface area contributed by atoms with Gasteiger partial charge in [0.25, 0.3) is 0 Å². The minimum Gasteiger partial charge on any atom is -0.481 e. The number of aromatic nitrogens is 4. The molecule has 0 saturated carbocycles. The highest BCUT2D eigenvalue weighted by Gasteiger charge is 2.37. The first kappa shape index (κ1) is 17.3. The first-order valence-corrected chi connectivity index (χ1v) is 8.44. The fourth-order valence-corrected chi connectivity index (χ4v) is 3.57. The summed E-state index contributed by atoms with van der Waals surface area (Å²) in [5.74, 6) is 0.970. The van der Waals surface area contributed by atoms with Crippen molar-refractivity contribution < 1.29 is 9.53 Å². The Hall–Kier alpha value is -2.48. The third-order valence-corrected chi connectivity index (χ3v) is 4.71. The standard InChI is InChI=1S/C17H24N6O2/c1-11-14(16(25-4)22(3)21-11)13-7-5-10-23(13)12(2)15(24)20-17-18-8-6-9-19-17/h6,8-9,12-13H,5,7,10H2,1-4H3,(H,18,19,20,24)/t12-,13+/m1/s1. The zero-order valence-electron chi connectivity index (χ0n) is 15.1. The van der Waals surface area contributed by atoms with Crippen molar-refractivity contribution >= 4 is 11.9 Å². The van der Waals surface area contributed by atoms with Gasteiger partial charge in [0.05, 0.1) is 24.4 Å². The van der Waals surface area contributed by atoms with E-state index in [0.29, 0.717) is 5.95 Å². The van der Waals surface area contributed by atoms with Gasteiger partial charge in [0.15, 0.2) is 0 Å². The quantitative estimate of drug-likeness (QED) is 0.888. The Morgan fingerprint density at radius 3 is 2.80 bits per heavy atom. The maximum absolute atomic E-state index is 12.6. The number of ether oxygens (including phenoxy) is 1. The van der Waals surface area contributed by atoms with Crippen LogP contribution < -0.4 is 10.1 Å². The van der Waals surface area contributed by atoms with Crippen molar-refractivity contribution in [2.75, 3.05) is 19.0 Å². The summed E-state index contributed by atoms with van der Waals surface area (Å²) < 4.78 is 7.30. The van der Waals surface area contributed by atoms with Crippen molar-refractivity contribution in [3.63, 3.8) is 0 Å². The number of nitrogens with zero attached hydrogens (tertiary/aromatic N) is 5. The average Bonchev–Trinajstić information content (AvgIpc) is 3.18. The van der Waals surface area contributed by atoms with Gasteiger partial charge in [-0.3, -0.25) is 15.0 Å². The Labute approximate surface area is 147 Å². The van der Waals surface area contributed by atoms with Crippen molar-refractivity contribution in [2.24, 2.45) is 7.05 Å². The summed E-state index contributed by atoms with van der Waals surface area (Å²) in [5, 5.41) is 7.26. The molecule has 0 aromatic carbocycles. The molecule has 25 heavy (non-hydrogen) atoms. The van der Waals surface area contributed by atoms with E-state index in [4.69, 9.17) is 4.74 Å². The van der Waals surface area contributed by atoms with Crippen molar-refractivity contribution in [1.82, 2.24) is 24.6 Å². The molecule has 8 nitrogen and oxygen atoms in total. The van der Waals surface area contributed by atoms with Gasteiger partial charge in [-0.25, -0.2) is 14.6 Å². The van der Waals surface area contributed by atoms with Gasteiger partial charge in [0, 0.05) is 25.5 Å². The normalized spacial score (nSPS) is 19.0. The zero-order chi connectivity index (χ0) is 18.0. The van der Waals surface area contributed by atoms with Crippen LogP contribution >= 0.6 is 0 Å². The molecule has 1 N–H and O–H groups in total. The number of nitrogens with one attached hydrogen (secondary N) is 1. The molecule has 1 amide bonds. The maximum Gasteiger partial charge on any atom is 0.243 e. The van der Waals surface area contributed by atoms with Gasteiger partial charge in [0.1, 0.15) is 0 Å². The molecule has 134 valence electrons. The van der Waals surface area contributed by atoms with E-state index in [1.165, 1.54) is 0 Å². The molecule has 0 bridgehead atoms. The molecule has 1 saturated heterocycles. The monoisotopic (exact) mass is 344 g/mol. The molecule has 3 rings (SSSR count). The van der Waals surface area contributed by atoms with E-state index in [2.05, 4.69) is 25.3 Å². The van der Waals surface area contributed by atoms with Crippen LogP contribution in [0.15, 0.2) is 18.5 Å². The predicted molar refractivity (Wildman–Crippen MR) is 93.3 cm³/mol. The zero-order valence-corrected chi connectivity index (χ0v) is 15.1. The number of carbonyl (C=O) groups excluding carboxylic acids is 1. The second-order valence-corrected chi connectivity index (χ2v) is 6.27. The first-order valence-electron chi connectivity index (χ1n) is 8.44. The fourth-order valence-electron chi connectivity index (χ4n) is 3.57. The molecule has 3 heterocycles. The van der Waals surface area contributed by atoms with Crippen molar-refractivity contribution in [3.05, 3.63) is 29.7 Å². The Kier molecular flexibility index (Phi) is 4.98. The van der Waals surface area contributed by atoms with Crippen molar-refractivity contribution in [3.8, 4) is 5.88 Å². The summed E-state index contributed by atoms with van der Waals surface area (Å²) in [7, 11) is 3.53. The van der Waals surface area contributed by atoms with E-state index >= 15 is 0 Å². The average molecular weight is 344 g/mol. The number of methoxy groups -OCH3 is 1. The highest BCUT2D eigenvalue weighted by molar-refractivity contribution is 5.93. The van der Waals surface area contributed by atoms with E-state index in [1.807, 2.05) is 20.9 Å². The number of carbonyl (C=O) groups is 1. The summed E-state index contributed by atoms with van der Waals surface area (Å²) in [6.07, 6.45) is 5.22. The lowest BCUT2D eigenvalue weighted by Crippen LogP contribution is -2.42. The van der Waals surface area contributed by atoms with E-state index in [0.717, 1.165) is 36.5 Å². The van der Waals surface area contributed by atoms with Gasteiger partial charge in [-0.1, -0.05) is 0 Å². The van der Waals surface area contributed by atoms with Crippen LogP contribution in [0, 0.1) is 6.92 Å². The Bertz CT molecular complexity index is 745. The highest BCUT2D eigenvalue weighted by Crippen LogP contribution is 2.39. The number of hydrogen-bond donors (Lipinski definition) is 1. The fraction of sp³-hybridized carbons (Fsp3) is 0.529. The molecular formula is C17H24N6O2. The van der Waals surface area contributed by atoms with Crippen LogP contribution in [0.25, 0.3) is 0 Å². The van der Waals surface area contributed by atoms with Crippen LogP contribution in [0.3, 0.4) is 0 Å². The molecule has 2 aromatic rings. The van der Waals surface area contributed by atoms with E-state index in [9.17, 15) is 4.79 Å². The topological polar surface area (TPSA) is 85.2 Å². The van der Waals surface area contributed by atoms with Gasteiger partial charge >= 0.3 is 0 Å². The summed E-state index contributed by atoms with van der Waals surface area (Å²) >= 11 is 0. The van der Waals surface area contributed by atoms with Crippen LogP contribution in [0.1, 0.15) is 37.1 Å². The molecule has 1 aliphatic heterocycles. The lowest BCUT2D eigenvalue weighted by molar-refractivity contribution is -0.121. The third kappa shape index (κ3) is 3.34. The van der Waals surface area contributed by atoms with E-state index in [-0.39, 0.29) is 18.0 Å². The van der Waals surface area contributed by atoms with E-state index in [1.54, 1.807) is 30.3 Å². The summed E-state index contributed by atoms with van der Waals surface area (Å²) in [6.45, 7) is 4.75. The van der Waals surface area contributed by atoms with Crippen LogP contribution in [0.2, 0.25) is 0 Å². The lowest BCUT2D eigenvalue weighted by Gasteiger charge is -2.29. The van der Waals surface area contributed by atoms with Crippen LogP contribution in [-0.4, -0.2) is 50.3 Å². The molecule has 0 radical (unpaired) electrons. The second kappa shape index (κ2) is 7.18.